The van der Waals surface area contributed by atoms with E-state index in [-0.39, 0.29) is 19.5 Å². The van der Waals surface area contributed by atoms with E-state index in [1.54, 1.807) is 41.5 Å². The second-order valence-corrected chi connectivity index (χ2v) is 14.3. The molecular weight excluding hydrogens is 588 g/mol. The van der Waals surface area contributed by atoms with E-state index >= 15 is 0 Å². The highest BCUT2D eigenvalue weighted by Gasteiger charge is 2.43. The van der Waals surface area contributed by atoms with Crippen molar-refractivity contribution in [2.75, 3.05) is 20.1 Å². The van der Waals surface area contributed by atoms with Crippen molar-refractivity contribution in [3.63, 3.8) is 0 Å². The first-order valence-corrected chi connectivity index (χ1v) is 15.7. The Morgan fingerprint density at radius 3 is 1.54 bits per heavy atom. The Morgan fingerprint density at radius 1 is 0.761 bits per heavy atom. The molecule has 2 rings (SSSR count). The molecule has 0 heterocycles. The predicted molar refractivity (Wildman–Crippen MR) is 176 cm³/mol. The Balaban J connectivity index is 2.21. The van der Waals surface area contributed by atoms with E-state index in [1.807, 2.05) is 60.7 Å². The summed E-state index contributed by atoms with van der Waals surface area (Å²) in [7, 11) is 1.28. The van der Waals surface area contributed by atoms with E-state index in [1.165, 1.54) is 14.0 Å². The minimum atomic E-state index is -1.70. The number of aliphatic hydroxyl groups is 3. The van der Waals surface area contributed by atoms with Crippen molar-refractivity contribution in [3.05, 3.63) is 71.8 Å². The largest absolute Gasteiger partial charge is 0.530 e. The number of rotatable bonds is 15. The molecule has 0 saturated heterocycles. The van der Waals surface area contributed by atoms with Gasteiger partial charge in [-0.1, -0.05) is 102 Å². The van der Waals surface area contributed by atoms with Crippen LogP contribution in [-0.2, 0) is 22.4 Å². The first-order valence-electron chi connectivity index (χ1n) is 15.7. The van der Waals surface area contributed by atoms with E-state index in [2.05, 4.69) is 16.0 Å². The van der Waals surface area contributed by atoms with Crippen LogP contribution in [0.15, 0.2) is 60.7 Å². The minimum Gasteiger partial charge on any atom is -0.530 e. The molecule has 0 aliphatic carbocycles. The molecule has 0 spiro atoms. The van der Waals surface area contributed by atoms with Gasteiger partial charge in [0.2, 0.25) is 5.91 Å². The first-order chi connectivity index (χ1) is 21.3. The number of hydrogen-bond acceptors (Lipinski definition) is 8. The Morgan fingerprint density at radius 2 is 1.17 bits per heavy atom. The zero-order valence-electron chi connectivity index (χ0n) is 28.4. The summed E-state index contributed by atoms with van der Waals surface area (Å²) in [4.78, 5) is 39.1. The SMILES string of the molecule is CN(C(=O)[O-])[C@H](C(=O)N[C@@H](Cc1ccccc1)[C@H](O)CNC[C@@H](O)[C@H](Cc1ccccc1)NC(=O)[C@](C)(O)C(C)(C)C)C(C)(C)C. The molecule has 0 fully saturated rings. The van der Waals surface area contributed by atoms with Gasteiger partial charge in [0.1, 0.15) is 17.7 Å². The fourth-order valence-electron chi connectivity index (χ4n) is 5.13. The molecule has 2 aromatic rings. The molecule has 0 saturated carbocycles. The number of aliphatic hydroxyl groups excluding tert-OH is 2. The standard InChI is InChI=1S/C35H54N4O7/c1-33(2,3)29(39(8)32(44)45)30(42)37-25(19-23-15-11-9-12-16-23)27(40)21-36-22-28(41)26(20-24-17-13-10-14-18-24)38-31(43)35(7,46)34(4,5)6/h9-18,25-29,36,40-41,46H,19-22H2,1-8H3,(H,37,42)(H,38,43)(H,44,45)/p-1/t25-,26-,27+,28+,29+,35-/m0/s1. The normalized spacial score (nSPS) is 16.7. The lowest BCUT2D eigenvalue weighted by molar-refractivity contribution is -0.267. The lowest BCUT2D eigenvalue weighted by Crippen LogP contribution is -2.60. The van der Waals surface area contributed by atoms with Crippen molar-refractivity contribution in [1.82, 2.24) is 20.9 Å². The van der Waals surface area contributed by atoms with E-state index < -0.39 is 64.7 Å². The maximum atomic E-state index is 13.5. The van der Waals surface area contributed by atoms with Crippen LogP contribution < -0.4 is 21.1 Å². The molecule has 3 amide bonds. The van der Waals surface area contributed by atoms with Crippen LogP contribution in [0.25, 0.3) is 0 Å². The van der Waals surface area contributed by atoms with Gasteiger partial charge in [-0.15, -0.1) is 0 Å². The van der Waals surface area contributed by atoms with Crippen molar-refractivity contribution in [1.29, 1.82) is 0 Å². The summed E-state index contributed by atoms with van der Waals surface area (Å²) >= 11 is 0. The Hall–Kier alpha value is -3.51. The Labute approximate surface area is 273 Å². The summed E-state index contributed by atoms with van der Waals surface area (Å²) in [6, 6.07) is 16.0. The first kappa shape index (κ1) is 38.7. The van der Waals surface area contributed by atoms with Crippen LogP contribution in [0.3, 0.4) is 0 Å². The molecule has 46 heavy (non-hydrogen) atoms. The van der Waals surface area contributed by atoms with Gasteiger partial charge in [0, 0.05) is 20.1 Å². The maximum Gasteiger partial charge on any atom is 0.252 e. The number of nitrogens with zero attached hydrogens (tertiary/aromatic N) is 1. The van der Waals surface area contributed by atoms with Gasteiger partial charge >= 0.3 is 0 Å². The van der Waals surface area contributed by atoms with Gasteiger partial charge in [-0.3, -0.25) is 9.59 Å². The van der Waals surface area contributed by atoms with Crippen molar-refractivity contribution >= 4 is 17.9 Å². The number of carboxylic acid groups (broad SMARTS) is 1. The number of amides is 3. The lowest BCUT2D eigenvalue weighted by atomic mass is 9.77. The molecule has 0 aliphatic rings. The summed E-state index contributed by atoms with van der Waals surface area (Å²) in [5.41, 5.74) is -1.50. The second-order valence-electron chi connectivity index (χ2n) is 14.3. The van der Waals surface area contributed by atoms with Crippen LogP contribution >= 0.6 is 0 Å². The van der Waals surface area contributed by atoms with Crippen LogP contribution in [0.1, 0.15) is 59.6 Å². The third-order valence-electron chi connectivity index (χ3n) is 8.52. The van der Waals surface area contributed by atoms with Gasteiger partial charge in [0.25, 0.3) is 5.91 Å². The Kier molecular flexibility index (Phi) is 13.7. The molecular formula is C35H53N4O7-. The summed E-state index contributed by atoms with van der Waals surface area (Å²) in [6.45, 7) is 11.9. The van der Waals surface area contributed by atoms with Crippen LogP contribution in [-0.4, -0.2) is 94.2 Å². The topological polar surface area (TPSA) is 174 Å². The van der Waals surface area contributed by atoms with Gasteiger partial charge in [-0.2, -0.15) is 0 Å². The summed E-state index contributed by atoms with van der Waals surface area (Å²) in [6.07, 6.45) is -3.17. The summed E-state index contributed by atoms with van der Waals surface area (Å²) in [5.74, 6) is -1.18. The lowest BCUT2D eigenvalue weighted by Gasteiger charge is -2.39. The molecule has 256 valence electrons. The van der Waals surface area contributed by atoms with Crippen molar-refractivity contribution < 1.29 is 34.8 Å². The van der Waals surface area contributed by atoms with Gasteiger partial charge in [-0.05, 0) is 41.7 Å². The van der Waals surface area contributed by atoms with Gasteiger partial charge < -0.3 is 46.1 Å². The van der Waals surface area contributed by atoms with Gasteiger partial charge in [-0.25, -0.2) is 0 Å². The smallest absolute Gasteiger partial charge is 0.252 e. The molecule has 0 aliphatic heterocycles. The predicted octanol–water partition coefficient (Wildman–Crippen LogP) is 1.24. The van der Waals surface area contributed by atoms with E-state index in [9.17, 15) is 34.8 Å². The molecule has 11 heteroatoms. The molecule has 2 aromatic carbocycles. The molecule has 11 nitrogen and oxygen atoms in total. The highest BCUT2D eigenvalue weighted by molar-refractivity contribution is 5.86. The van der Waals surface area contributed by atoms with Crippen molar-refractivity contribution in [2.24, 2.45) is 10.8 Å². The summed E-state index contributed by atoms with van der Waals surface area (Å²) < 4.78 is 0. The van der Waals surface area contributed by atoms with E-state index in [0.29, 0.717) is 6.42 Å². The molecule has 0 aromatic heterocycles. The average Bonchev–Trinajstić information content (AvgIpc) is 2.96. The van der Waals surface area contributed by atoms with Crippen LogP contribution in [0.2, 0.25) is 0 Å². The monoisotopic (exact) mass is 641 g/mol. The number of nitrogens with one attached hydrogen (secondary N) is 3. The Bertz CT molecular complexity index is 1260. The minimum absolute atomic E-state index is 0.0173. The second kappa shape index (κ2) is 16.4. The van der Waals surface area contributed by atoms with Crippen molar-refractivity contribution in [2.45, 2.75) is 97.2 Å². The molecule has 6 atom stereocenters. The van der Waals surface area contributed by atoms with E-state index in [0.717, 1.165) is 16.0 Å². The number of benzene rings is 2. The zero-order chi connectivity index (χ0) is 34.9. The summed E-state index contributed by atoms with van der Waals surface area (Å²) in [5, 5.41) is 53.8. The van der Waals surface area contributed by atoms with Gasteiger partial charge in [0.15, 0.2) is 0 Å². The average molecular weight is 642 g/mol. The number of hydrogen-bond donors (Lipinski definition) is 6. The fraction of sp³-hybridized carbons (Fsp3) is 0.571. The molecule has 0 bridgehead atoms. The maximum absolute atomic E-state index is 13.5. The zero-order valence-corrected chi connectivity index (χ0v) is 28.4. The fourth-order valence-corrected chi connectivity index (χ4v) is 5.13. The van der Waals surface area contributed by atoms with Crippen LogP contribution in [0, 0.1) is 10.8 Å². The highest BCUT2D eigenvalue weighted by Crippen LogP contribution is 2.30. The number of carbonyl (C=O) groups is 3. The van der Waals surface area contributed by atoms with Crippen LogP contribution in [0.5, 0.6) is 0 Å². The van der Waals surface area contributed by atoms with E-state index in [4.69, 9.17) is 0 Å². The third kappa shape index (κ3) is 11.1. The van der Waals surface area contributed by atoms with Crippen molar-refractivity contribution in [3.8, 4) is 0 Å². The van der Waals surface area contributed by atoms with Gasteiger partial charge in [0.05, 0.1) is 24.3 Å². The molecule has 0 radical (unpaired) electrons. The van der Waals surface area contributed by atoms with Crippen LogP contribution in [0.4, 0.5) is 4.79 Å². The number of carbonyl (C=O) groups excluding carboxylic acids is 3. The quantitative estimate of drug-likeness (QED) is 0.168. The highest BCUT2D eigenvalue weighted by atomic mass is 16.4. The molecule has 0 unspecified atom stereocenters. The molecule has 6 N–H and O–H groups in total. The number of likely N-dealkylation sites (N-methyl/N-ethyl adjacent to an activating group) is 1. The third-order valence-corrected chi connectivity index (χ3v) is 8.52.